The number of aromatic nitrogens is 2. The van der Waals surface area contributed by atoms with Crippen molar-refractivity contribution in [3.63, 3.8) is 0 Å². The van der Waals surface area contributed by atoms with Gasteiger partial charge in [0.2, 0.25) is 0 Å². The molecule has 4 heteroatoms. The molecule has 0 saturated heterocycles. The van der Waals surface area contributed by atoms with Gasteiger partial charge in [0, 0.05) is 11.1 Å². The molecule has 1 N–H and O–H groups in total. The lowest BCUT2D eigenvalue weighted by molar-refractivity contribution is 1.18. The average Bonchev–Trinajstić information content (AvgIpc) is 2.47. The molecule has 0 aliphatic carbocycles. The number of fused-ring (bicyclic) bond motifs is 1. The fourth-order valence-electron chi connectivity index (χ4n) is 2.21. The number of benzene rings is 1. The van der Waals surface area contributed by atoms with Crippen molar-refractivity contribution in [1.29, 1.82) is 0 Å². The van der Waals surface area contributed by atoms with Crippen LogP contribution in [0.2, 0.25) is 0 Å². The fourth-order valence-corrected chi connectivity index (χ4v) is 2.21. The van der Waals surface area contributed by atoms with Gasteiger partial charge in [-0.3, -0.25) is 10.4 Å². The van der Waals surface area contributed by atoms with Crippen molar-refractivity contribution >= 4 is 22.9 Å². The SMILES string of the molecule is Cc1cccc(/C=N/Nc2cc(C)c3ccccc3n2)n1. The Morgan fingerprint density at radius 3 is 2.71 bits per heavy atom. The lowest BCUT2D eigenvalue weighted by atomic mass is 10.1. The number of anilines is 1. The molecule has 0 atom stereocenters. The van der Waals surface area contributed by atoms with Crippen molar-refractivity contribution in [2.24, 2.45) is 5.10 Å². The summed E-state index contributed by atoms with van der Waals surface area (Å²) in [5.74, 6) is 0.732. The van der Waals surface area contributed by atoms with E-state index in [1.54, 1.807) is 6.21 Å². The van der Waals surface area contributed by atoms with Crippen LogP contribution in [0.3, 0.4) is 0 Å². The molecule has 2 aromatic heterocycles. The molecule has 3 aromatic rings. The molecule has 104 valence electrons. The summed E-state index contributed by atoms with van der Waals surface area (Å²) in [6, 6.07) is 15.9. The van der Waals surface area contributed by atoms with Crippen molar-refractivity contribution in [3.8, 4) is 0 Å². The molecule has 1 aromatic carbocycles. The third-order valence-electron chi connectivity index (χ3n) is 3.21. The summed E-state index contributed by atoms with van der Waals surface area (Å²) < 4.78 is 0. The van der Waals surface area contributed by atoms with Gasteiger partial charge in [-0.2, -0.15) is 5.10 Å². The van der Waals surface area contributed by atoms with E-state index in [-0.39, 0.29) is 0 Å². The maximum Gasteiger partial charge on any atom is 0.147 e. The summed E-state index contributed by atoms with van der Waals surface area (Å²) in [6.45, 7) is 4.03. The summed E-state index contributed by atoms with van der Waals surface area (Å²) in [6.07, 6.45) is 1.69. The topological polar surface area (TPSA) is 50.2 Å². The zero-order valence-electron chi connectivity index (χ0n) is 12.0. The predicted molar refractivity (Wildman–Crippen MR) is 86.7 cm³/mol. The molecule has 4 nitrogen and oxygen atoms in total. The zero-order chi connectivity index (χ0) is 14.7. The lowest BCUT2D eigenvalue weighted by Crippen LogP contribution is -1.96. The van der Waals surface area contributed by atoms with Gasteiger partial charge in [0.25, 0.3) is 0 Å². The van der Waals surface area contributed by atoms with E-state index in [0.29, 0.717) is 0 Å². The molecule has 0 aliphatic heterocycles. The third-order valence-corrected chi connectivity index (χ3v) is 3.21. The molecule has 2 heterocycles. The smallest absolute Gasteiger partial charge is 0.147 e. The van der Waals surface area contributed by atoms with Crippen LogP contribution in [-0.4, -0.2) is 16.2 Å². The van der Waals surface area contributed by atoms with Crippen LogP contribution < -0.4 is 5.43 Å². The van der Waals surface area contributed by atoms with Crippen LogP contribution >= 0.6 is 0 Å². The van der Waals surface area contributed by atoms with Gasteiger partial charge in [-0.15, -0.1) is 0 Å². The molecule has 0 fully saturated rings. The van der Waals surface area contributed by atoms with Gasteiger partial charge < -0.3 is 0 Å². The van der Waals surface area contributed by atoms with E-state index in [9.17, 15) is 0 Å². The van der Waals surface area contributed by atoms with Crippen LogP contribution in [0.4, 0.5) is 5.82 Å². The van der Waals surface area contributed by atoms with E-state index in [1.165, 1.54) is 5.56 Å². The number of aryl methyl sites for hydroxylation is 2. The largest absolute Gasteiger partial charge is 0.261 e. The van der Waals surface area contributed by atoms with Crippen LogP contribution in [-0.2, 0) is 0 Å². The van der Waals surface area contributed by atoms with E-state index >= 15 is 0 Å². The highest BCUT2D eigenvalue weighted by Crippen LogP contribution is 2.19. The molecule has 0 spiro atoms. The Bertz CT molecular complexity index is 809. The van der Waals surface area contributed by atoms with Crippen molar-refractivity contribution in [3.05, 3.63) is 65.5 Å². The third kappa shape index (κ3) is 3.05. The summed E-state index contributed by atoms with van der Waals surface area (Å²) >= 11 is 0. The first-order valence-corrected chi connectivity index (χ1v) is 6.81. The molecule has 3 rings (SSSR count). The Morgan fingerprint density at radius 2 is 1.86 bits per heavy atom. The summed E-state index contributed by atoms with van der Waals surface area (Å²) in [4.78, 5) is 8.90. The Morgan fingerprint density at radius 1 is 1.00 bits per heavy atom. The molecule has 0 aliphatic rings. The van der Waals surface area contributed by atoms with E-state index < -0.39 is 0 Å². The number of para-hydroxylation sites is 1. The van der Waals surface area contributed by atoms with Gasteiger partial charge in [0.15, 0.2) is 0 Å². The van der Waals surface area contributed by atoms with Crippen molar-refractivity contribution < 1.29 is 0 Å². The summed E-state index contributed by atoms with van der Waals surface area (Å²) in [5.41, 5.74) is 6.89. The summed E-state index contributed by atoms with van der Waals surface area (Å²) in [5, 5.41) is 5.36. The second kappa shape index (κ2) is 5.71. The monoisotopic (exact) mass is 276 g/mol. The molecular weight excluding hydrogens is 260 g/mol. The van der Waals surface area contributed by atoms with Crippen molar-refractivity contribution in [1.82, 2.24) is 9.97 Å². The van der Waals surface area contributed by atoms with Gasteiger partial charge in [-0.25, -0.2) is 4.98 Å². The maximum absolute atomic E-state index is 4.54. The van der Waals surface area contributed by atoms with E-state index in [0.717, 1.165) is 28.1 Å². The standard InChI is InChI=1S/C17H16N4/c1-12-10-17(20-16-9-4-3-8-15(12)16)21-18-11-14-7-5-6-13(2)19-14/h3-11H,1-2H3,(H,20,21)/b18-11+. The highest BCUT2D eigenvalue weighted by Gasteiger charge is 2.00. The fraction of sp³-hybridized carbons (Fsp3) is 0.118. The van der Waals surface area contributed by atoms with Gasteiger partial charge in [0.05, 0.1) is 17.4 Å². The average molecular weight is 276 g/mol. The van der Waals surface area contributed by atoms with Crippen LogP contribution in [0.25, 0.3) is 10.9 Å². The minimum atomic E-state index is 0.732. The predicted octanol–water partition coefficient (Wildman–Crippen LogP) is 3.69. The van der Waals surface area contributed by atoms with E-state index in [1.807, 2.05) is 49.4 Å². The van der Waals surface area contributed by atoms with Crippen LogP contribution in [0.5, 0.6) is 0 Å². The Hall–Kier alpha value is -2.75. The number of pyridine rings is 2. The van der Waals surface area contributed by atoms with E-state index in [4.69, 9.17) is 0 Å². The van der Waals surface area contributed by atoms with Crippen molar-refractivity contribution in [2.75, 3.05) is 5.43 Å². The minimum Gasteiger partial charge on any atom is -0.261 e. The van der Waals surface area contributed by atoms with Gasteiger partial charge in [-0.05, 0) is 43.7 Å². The Kier molecular flexibility index (Phi) is 3.60. The zero-order valence-corrected chi connectivity index (χ0v) is 12.0. The molecule has 0 amide bonds. The summed E-state index contributed by atoms with van der Waals surface area (Å²) in [7, 11) is 0. The quantitative estimate of drug-likeness (QED) is 0.586. The Balaban J connectivity index is 1.82. The first kappa shape index (κ1) is 13.2. The molecule has 0 saturated carbocycles. The van der Waals surface area contributed by atoms with Crippen LogP contribution in [0.1, 0.15) is 17.0 Å². The second-order valence-electron chi connectivity index (χ2n) is 4.92. The highest BCUT2D eigenvalue weighted by atomic mass is 15.3. The van der Waals surface area contributed by atoms with Gasteiger partial charge >= 0.3 is 0 Å². The lowest BCUT2D eigenvalue weighted by Gasteiger charge is -2.05. The molecule has 21 heavy (non-hydrogen) atoms. The van der Waals surface area contributed by atoms with Gasteiger partial charge in [-0.1, -0.05) is 24.3 Å². The first-order valence-electron chi connectivity index (χ1n) is 6.81. The number of rotatable bonds is 3. The number of nitrogens with zero attached hydrogens (tertiary/aromatic N) is 3. The normalized spacial score (nSPS) is 11.1. The van der Waals surface area contributed by atoms with Gasteiger partial charge in [0.1, 0.15) is 5.82 Å². The number of hydrazone groups is 1. The van der Waals surface area contributed by atoms with Crippen LogP contribution in [0, 0.1) is 13.8 Å². The number of nitrogens with one attached hydrogen (secondary N) is 1. The Labute approximate surface area is 123 Å². The van der Waals surface area contributed by atoms with Crippen LogP contribution in [0.15, 0.2) is 53.6 Å². The number of hydrogen-bond acceptors (Lipinski definition) is 4. The van der Waals surface area contributed by atoms with E-state index in [2.05, 4.69) is 33.5 Å². The first-order chi connectivity index (χ1) is 10.2. The molecule has 0 unspecified atom stereocenters. The van der Waals surface area contributed by atoms with Crippen molar-refractivity contribution in [2.45, 2.75) is 13.8 Å². The minimum absolute atomic E-state index is 0.732. The number of hydrogen-bond donors (Lipinski definition) is 1. The molecular formula is C17H16N4. The maximum atomic E-state index is 4.54. The second-order valence-corrected chi connectivity index (χ2v) is 4.92. The molecule has 0 bridgehead atoms. The molecule has 0 radical (unpaired) electrons. The highest BCUT2D eigenvalue weighted by molar-refractivity contribution is 5.84.